The molecule has 0 spiro atoms. The van der Waals surface area contributed by atoms with Gasteiger partial charge < -0.3 is 26.2 Å². The molecule has 0 saturated carbocycles. The van der Waals surface area contributed by atoms with Crippen molar-refractivity contribution in [2.45, 2.75) is 18.9 Å². The highest BCUT2D eigenvalue weighted by molar-refractivity contribution is 5.82. The molecule has 21 heavy (non-hydrogen) atoms. The van der Waals surface area contributed by atoms with Crippen molar-refractivity contribution in [3.05, 3.63) is 23.8 Å². The Hall–Kier alpha value is -2.28. The first-order chi connectivity index (χ1) is 9.85. The summed E-state index contributed by atoms with van der Waals surface area (Å²) in [6, 6.07) is 3.53. The molecule has 5 N–H and O–H groups in total. The Labute approximate surface area is 123 Å². The third kappa shape index (κ3) is 4.96. The van der Waals surface area contributed by atoms with Gasteiger partial charge in [0.25, 0.3) is 0 Å². The maximum atomic E-state index is 12.1. The molecule has 116 valence electrons. The summed E-state index contributed by atoms with van der Waals surface area (Å²) in [4.78, 5) is 24.6. The lowest BCUT2D eigenvalue weighted by Crippen LogP contribution is -2.44. The molecule has 0 aliphatic carbocycles. The number of hydrogen-bond donors (Lipinski definition) is 4. The number of nitrogens with two attached hydrogens (primary N) is 1. The van der Waals surface area contributed by atoms with E-state index >= 15 is 0 Å². The predicted molar refractivity (Wildman–Crippen MR) is 77.8 cm³/mol. The molecule has 2 amide bonds. The molecule has 0 aliphatic rings. The van der Waals surface area contributed by atoms with Gasteiger partial charge in [-0.15, -0.1) is 0 Å². The Kier molecular flexibility index (Phi) is 5.98. The second-order valence-corrected chi connectivity index (χ2v) is 4.82. The van der Waals surface area contributed by atoms with E-state index in [-0.39, 0.29) is 42.7 Å². The van der Waals surface area contributed by atoms with Crippen molar-refractivity contribution >= 4 is 11.8 Å². The smallest absolute Gasteiger partial charge is 0.239 e. The van der Waals surface area contributed by atoms with Crippen molar-refractivity contribution in [2.75, 3.05) is 20.6 Å². The van der Waals surface area contributed by atoms with Crippen LogP contribution in [0.25, 0.3) is 0 Å². The Balaban J connectivity index is 2.57. The van der Waals surface area contributed by atoms with Crippen LogP contribution in [-0.2, 0) is 16.0 Å². The number of phenols is 2. The largest absolute Gasteiger partial charge is 0.504 e. The molecule has 7 heteroatoms. The van der Waals surface area contributed by atoms with Gasteiger partial charge in [0.05, 0.1) is 6.04 Å². The van der Waals surface area contributed by atoms with E-state index in [1.165, 1.54) is 24.1 Å². The third-order valence-corrected chi connectivity index (χ3v) is 3.14. The van der Waals surface area contributed by atoms with Crippen molar-refractivity contribution in [1.29, 1.82) is 0 Å². The molecule has 0 radical (unpaired) electrons. The monoisotopic (exact) mass is 295 g/mol. The maximum absolute atomic E-state index is 12.1. The first-order valence-corrected chi connectivity index (χ1v) is 6.57. The molecule has 0 aromatic heterocycles. The molecule has 0 unspecified atom stereocenters. The Morgan fingerprint density at radius 2 is 2.00 bits per heavy atom. The number of amides is 2. The van der Waals surface area contributed by atoms with Gasteiger partial charge in [0, 0.05) is 27.1 Å². The van der Waals surface area contributed by atoms with Gasteiger partial charge in [-0.1, -0.05) is 6.07 Å². The number of nitrogens with zero attached hydrogens (tertiary/aromatic N) is 1. The van der Waals surface area contributed by atoms with Crippen LogP contribution in [0, 0.1) is 0 Å². The van der Waals surface area contributed by atoms with Gasteiger partial charge in [-0.3, -0.25) is 9.59 Å². The van der Waals surface area contributed by atoms with Gasteiger partial charge in [0.1, 0.15) is 0 Å². The minimum atomic E-state index is -0.774. The molecule has 1 aromatic carbocycles. The summed E-state index contributed by atoms with van der Waals surface area (Å²) in [5.41, 5.74) is 6.49. The molecule has 0 bridgehead atoms. The lowest BCUT2D eigenvalue weighted by molar-refractivity contribution is -0.131. The number of carbonyl (C=O) groups is 2. The Morgan fingerprint density at radius 1 is 1.33 bits per heavy atom. The average molecular weight is 295 g/mol. The SMILES string of the molecule is CNC(=O)CCN(C)C(=O)[C@@H](N)Cc1ccc(O)c(O)c1. The highest BCUT2D eigenvalue weighted by Crippen LogP contribution is 2.25. The van der Waals surface area contributed by atoms with Gasteiger partial charge in [-0.25, -0.2) is 0 Å². The van der Waals surface area contributed by atoms with E-state index in [0.717, 1.165) is 0 Å². The van der Waals surface area contributed by atoms with Crippen molar-refractivity contribution in [2.24, 2.45) is 5.73 Å². The van der Waals surface area contributed by atoms with E-state index in [9.17, 15) is 19.8 Å². The van der Waals surface area contributed by atoms with Crippen LogP contribution in [0.1, 0.15) is 12.0 Å². The average Bonchev–Trinajstić information content (AvgIpc) is 2.47. The van der Waals surface area contributed by atoms with Crippen LogP contribution in [0.3, 0.4) is 0 Å². The highest BCUT2D eigenvalue weighted by Gasteiger charge is 2.19. The fourth-order valence-corrected chi connectivity index (χ4v) is 1.82. The maximum Gasteiger partial charge on any atom is 0.239 e. The molecule has 1 rings (SSSR count). The van der Waals surface area contributed by atoms with Crippen LogP contribution in [0.5, 0.6) is 11.5 Å². The van der Waals surface area contributed by atoms with E-state index < -0.39 is 6.04 Å². The molecule has 1 atom stereocenters. The summed E-state index contributed by atoms with van der Waals surface area (Å²) in [5.74, 6) is -0.903. The third-order valence-electron chi connectivity index (χ3n) is 3.14. The van der Waals surface area contributed by atoms with Gasteiger partial charge in [-0.2, -0.15) is 0 Å². The molecule has 0 saturated heterocycles. The topological polar surface area (TPSA) is 116 Å². The Bertz CT molecular complexity index is 519. The summed E-state index contributed by atoms with van der Waals surface area (Å²) in [6.07, 6.45) is 0.447. The fraction of sp³-hybridized carbons (Fsp3) is 0.429. The van der Waals surface area contributed by atoms with Gasteiger partial charge in [0.2, 0.25) is 11.8 Å². The molecule has 7 nitrogen and oxygen atoms in total. The minimum Gasteiger partial charge on any atom is -0.504 e. The van der Waals surface area contributed by atoms with E-state index in [0.29, 0.717) is 5.56 Å². The molecular weight excluding hydrogens is 274 g/mol. The number of rotatable bonds is 6. The summed E-state index contributed by atoms with van der Waals surface area (Å²) in [6.45, 7) is 0.285. The van der Waals surface area contributed by atoms with Crippen LogP contribution in [-0.4, -0.2) is 53.6 Å². The zero-order valence-electron chi connectivity index (χ0n) is 12.2. The van der Waals surface area contributed by atoms with Crippen molar-refractivity contribution in [1.82, 2.24) is 10.2 Å². The normalized spacial score (nSPS) is 11.8. The highest BCUT2D eigenvalue weighted by atomic mass is 16.3. The second-order valence-electron chi connectivity index (χ2n) is 4.82. The van der Waals surface area contributed by atoms with Gasteiger partial charge in [0.15, 0.2) is 11.5 Å². The first-order valence-electron chi connectivity index (χ1n) is 6.57. The summed E-state index contributed by atoms with van der Waals surface area (Å²) in [5, 5.41) is 21.1. The molecule has 0 fully saturated rings. The molecule has 1 aromatic rings. The number of phenolic OH excluding ortho intramolecular Hbond substituents is 2. The minimum absolute atomic E-state index is 0.147. The van der Waals surface area contributed by atoms with E-state index in [2.05, 4.69) is 5.32 Å². The number of hydrogen-bond acceptors (Lipinski definition) is 5. The summed E-state index contributed by atoms with van der Waals surface area (Å²) >= 11 is 0. The van der Waals surface area contributed by atoms with Crippen LogP contribution >= 0.6 is 0 Å². The number of aromatic hydroxyl groups is 2. The zero-order chi connectivity index (χ0) is 16.0. The van der Waals surface area contributed by atoms with Gasteiger partial charge in [-0.05, 0) is 24.1 Å². The molecule has 0 heterocycles. The standard InChI is InChI=1S/C14H21N3O4/c1-16-13(20)5-6-17(2)14(21)10(15)7-9-3-4-11(18)12(19)8-9/h3-4,8,10,18-19H,5-7,15H2,1-2H3,(H,16,20)/t10-/m0/s1. The van der Waals surface area contributed by atoms with Crippen molar-refractivity contribution in [3.8, 4) is 11.5 Å². The molecular formula is C14H21N3O4. The van der Waals surface area contributed by atoms with Gasteiger partial charge >= 0.3 is 0 Å². The van der Waals surface area contributed by atoms with Crippen LogP contribution in [0.4, 0.5) is 0 Å². The van der Waals surface area contributed by atoms with Crippen molar-refractivity contribution < 1.29 is 19.8 Å². The predicted octanol–water partition coefficient (Wildman–Crippen LogP) is -0.438. The fourth-order valence-electron chi connectivity index (χ4n) is 1.82. The molecule has 0 aliphatic heterocycles. The summed E-state index contributed by atoms with van der Waals surface area (Å²) in [7, 11) is 3.12. The second kappa shape index (κ2) is 7.49. The van der Waals surface area contributed by atoms with Crippen LogP contribution < -0.4 is 11.1 Å². The summed E-state index contributed by atoms with van der Waals surface area (Å²) < 4.78 is 0. The van der Waals surface area contributed by atoms with Crippen LogP contribution in [0.2, 0.25) is 0 Å². The number of carbonyl (C=O) groups excluding carboxylic acids is 2. The lowest BCUT2D eigenvalue weighted by Gasteiger charge is -2.21. The van der Waals surface area contributed by atoms with E-state index in [1.807, 2.05) is 0 Å². The van der Waals surface area contributed by atoms with E-state index in [1.54, 1.807) is 13.1 Å². The lowest BCUT2D eigenvalue weighted by atomic mass is 10.0. The van der Waals surface area contributed by atoms with Crippen LogP contribution in [0.15, 0.2) is 18.2 Å². The first kappa shape index (κ1) is 16.8. The Morgan fingerprint density at radius 3 is 2.57 bits per heavy atom. The quantitative estimate of drug-likeness (QED) is 0.531. The van der Waals surface area contributed by atoms with Crippen molar-refractivity contribution in [3.63, 3.8) is 0 Å². The van der Waals surface area contributed by atoms with E-state index in [4.69, 9.17) is 5.73 Å². The number of nitrogens with one attached hydrogen (secondary N) is 1. The zero-order valence-corrected chi connectivity index (χ0v) is 12.2. The number of likely N-dealkylation sites (N-methyl/N-ethyl adjacent to an activating group) is 1. The number of benzene rings is 1.